The molecule has 7 heteroatoms. The third-order valence-electron chi connectivity index (χ3n) is 2.70. The summed E-state index contributed by atoms with van der Waals surface area (Å²) in [6.07, 6.45) is 1.90. The summed E-state index contributed by atoms with van der Waals surface area (Å²) in [5.74, 6) is -0.921. The Hall–Kier alpha value is -2.08. The molecule has 0 fully saturated rings. The number of benzene rings is 1. The lowest BCUT2D eigenvalue weighted by Gasteiger charge is -2.02. The van der Waals surface area contributed by atoms with Crippen molar-refractivity contribution in [1.82, 2.24) is 10.3 Å². The van der Waals surface area contributed by atoms with Crippen LogP contribution in [0.5, 0.6) is 0 Å². The zero-order chi connectivity index (χ0) is 14.0. The Labute approximate surface area is 112 Å². The Morgan fingerprint density at radius 2 is 2.16 bits per heavy atom. The number of nitrogens with one attached hydrogen (secondary N) is 2. The second-order valence-corrected chi connectivity index (χ2v) is 4.41. The van der Waals surface area contributed by atoms with Crippen LogP contribution in [-0.4, -0.2) is 16.9 Å². The fraction of sp³-hybridized carbons (Fsp3) is 0.167. The second-order valence-electron chi connectivity index (χ2n) is 4.01. The van der Waals surface area contributed by atoms with E-state index in [1.165, 1.54) is 12.1 Å². The van der Waals surface area contributed by atoms with Crippen molar-refractivity contribution < 1.29 is 14.0 Å². The maximum Gasteiger partial charge on any atom is 0.318 e. The van der Waals surface area contributed by atoms with Crippen molar-refractivity contribution in [3.05, 3.63) is 34.7 Å². The number of fused-ring (bicyclic) bond motifs is 1. The number of primary amides is 1. The van der Waals surface area contributed by atoms with Crippen molar-refractivity contribution in [2.45, 2.75) is 12.8 Å². The largest absolute Gasteiger partial charge is 0.360 e. The Bertz CT molecular complexity index is 654. The number of imide groups is 1. The first-order valence-corrected chi connectivity index (χ1v) is 5.90. The molecule has 1 aromatic heterocycles. The first kappa shape index (κ1) is 13.4. The fourth-order valence-corrected chi connectivity index (χ4v) is 2.10. The third-order valence-corrected chi connectivity index (χ3v) is 3.01. The Kier molecular flexibility index (Phi) is 3.71. The molecule has 0 saturated carbocycles. The lowest BCUT2D eigenvalue weighted by Crippen LogP contribution is -2.35. The number of nitrogens with two attached hydrogens (primary N) is 1. The van der Waals surface area contributed by atoms with Crippen LogP contribution >= 0.6 is 11.6 Å². The van der Waals surface area contributed by atoms with Crippen LogP contribution in [0, 0.1) is 5.82 Å². The van der Waals surface area contributed by atoms with Gasteiger partial charge in [-0.25, -0.2) is 9.18 Å². The molecule has 3 amide bonds. The Morgan fingerprint density at radius 1 is 1.42 bits per heavy atom. The van der Waals surface area contributed by atoms with E-state index >= 15 is 0 Å². The number of aromatic nitrogens is 1. The van der Waals surface area contributed by atoms with Gasteiger partial charge in [0.15, 0.2) is 0 Å². The predicted octanol–water partition coefficient (Wildman–Crippen LogP) is 2.09. The summed E-state index contributed by atoms with van der Waals surface area (Å²) < 4.78 is 13.7. The molecule has 4 N–H and O–H groups in total. The van der Waals surface area contributed by atoms with E-state index in [1.54, 1.807) is 6.20 Å². The molecule has 19 heavy (non-hydrogen) atoms. The fourth-order valence-electron chi connectivity index (χ4n) is 1.88. The normalized spacial score (nSPS) is 10.6. The van der Waals surface area contributed by atoms with Crippen molar-refractivity contribution in [2.24, 2.45) is 5.73 Å². The number of hydrogen-bond acceptors (Lipinski definition) is 2. The van der Waals surface area contributed by atoms with Gasteiger partial charge in [0.05, 0.1) is 10.5 Å². The number of aryl methyl sites for hydroxylation is 1. The molecule has 5 nitrogen and oxygen atoms in total. The van der Waals surface area contributed by atoms with E-state index in [0.717, 1.165) is 0 Å². The van der Waals surface area contributed by atoms with E-state index in [9.17, 15) is 14.0 Å². The number of amides is 3. The third kappa shape index (κ3) is 2.85. The summed E-state index contributed by atoms with van der Waals surface area (Å²) in [6, 6.07) is 1.82. The van der Waals surface area contributed by atoms with Gasteiger partial charge in [-0.1, -0.05) is 11.6 Å². The standard InChI is InChI=1S/C12H11ClFN3O2/c13-7-2-3-8(14)10-6(5-16-11(7)10)1-4-9(18)17-12(15)19/h2-3,5,16H,1,4H2,(H3,15,17,18,19). The highest BCUT2D eigenvalue weighted by atomic mass is 35.5. The topological polar surface area (TPSA) is 88.0 Å². The number of hydrogen-bond donors (Lipinski definition) is 3. The molecule has 2 aromatic rings. The minimum atomic E-state index is -0.904. The SMILES string of the molecule is NC(=O)NC(=O)CCc1c[nH]c2c(Cl)ccc(F)c12. The van der Waals surface area contributed by atoms with Gasteiger partial charge < -0.3 is 10.7 Å². The van der Waals surface area contributed by atoms with Crippen molar-refractivity contribution in [3.63, 3.8) is 0 Å². The predicted molar refractivity (Wildman–Crippen MR) is 69.3 cm³/mol. The van der Waals surface area contributed by atoms with E-state index < -0.39 is 17.8 Å². The van der Waals surface area contributed by atoms with Gasteiger partial charge in [-0.05, 0) is 24.1 Å². The molecule has 0 radical (unpaired) electrons. The summed E-state index contributed by atoms with van der Waals surface area (Å²) in [5.41, 5.74) is 5.93. The number of carbonyl (C=O) groups excluding carboxylic acids is 2. The molecule has 0 spiro atoms. The van der Waals surface area contributed by atoms with Gasteiger partial charge in [0.1, 0.15) is 5.82 Å². The summed E-state index contributed by atoms with van der Waals surface area (Å²) in [6.45, 7) is 0. The van der Waals surface area contributed by atoms with Crippen LogP contribution in [-0.2, 0) is 11.2 Å². The van der Waals surface area contributed by atoms with Crippen LogP contribution in [0.4, 0.5) is 9.18 Å². The maximum atomic E-state index is 13.7. The molecule has 0 bridgehead atoms. The quantitative estimate of drug-likeness (QED) is 0.805. The van der Waals surface area contributed by atoms with Crippen molar-refractivity contribution in [1.29, 1.82) is 0 Å². The zero-order valence-corrected chi connectivity index (χ0v) is 10.6. The average molecular weight is 284 g/mol. The molecular formula is C12H11ClFN3O2. The van der Waals surface area contributed by atoms with Crippen LogP contribution in [0.25, 0.3) is 10.9 Å². The van der Waals surface area contributed by atoms with Crippen LogP contribution in [0.1, 0.15) is 12.0 Å². The van der Waals surface area contributed by atoms with Gasteiger partial charge in [0, 0.05) is 18.0 Å². The number of H-pyrrole nitrogens is 1. The van der Waals surface area contributed by atoms with Gasteiger partial charge in [-0.15, -0.1) is 0 Å². The van der Waals surface area contributed by atoms with Crippen molar-refractivity contribution >= 4 is 34.4 Å². The van der Waals surface area contributed by atoms with Crippen molar-refractivity contribution in [2.75, 3.05) is 0 Å². The number of urea groups is 1. The minimum absolute atomic E-state index is 0.0296. The Morgan fingerprint density at radius 3 is 2.84 bits per heavy atom. The maximum absolute atomic E-state index is 13.7. The first-order valence-electron chi connectivity index (χ1n) is 5.52. The van der Waals surface area contributed by atoms with E-state index in [0.29, 0.717) is 21.5 Å². The molecule has 0 atom stereocenters. The van der Waals surface area contributed by atoms with Crippen LogP contribution in [0.15, 0.2) is 18.3 Å². The van der Waals surface area contributed by atoms with E-state index in [-0.39, 0.29) is 12.8 Å². The highest BCUT2D eigenvalue weighted by molar-refractivity contribution is 6.35. The molecule has 0 aliphatic heterocycles. The lowest BCUT2D eigenvalue weighted by molar-refractivity contribution is -0.119. The molecular weight excluding hydrogens is 273 g/mol. The zero-order valence-electron chi connectivity index (χ0n) is 9.80. The van der Waals surface area contributed by atoms with E-state index in [2.05, 4.69) is 4.98 Å². The van der Waals surface area contributed by atoms with Crippen LogP contribution < -0.4 is 11.1 Å². The molecule has 0 unspecified atom stereocenters. The molecule has 1 heterocycles. The lowest BCUT2D eigenvalue weighted by atomic mass is 10.1. The van der Waals surface area contributed by atoms with Gasteiger partial charge in [-0.2, -0.15) is 0 Å². The number of carbonyl (C=O) groups is 2. The molecule has 0 aliphatic rings. The smallest absolute Gasteiger partial charge is 0.318 e. The molecule has 2 rings (SSSR count). The van der Waals surface area contributed by atoms with Crippen molar-refractivity contribution in [3.8, 4) is 0 Å². The highest BCUT2D eigenvalue weighted by Gasteiger charge is 2.13. The molecule has 0 aliphatic carbocycles. The van der Waals surface area contributed by atoms with E-state index in [1.807, 2.05) is 5.32 Å². The minimum Gasteiger partial charge on any atom is -0.360 e. The second kappa shape index (κ2) is 5.27. The van der Waals surface area contributed by atoms with Gasteiger partial charge in [-0.3, -0.25) is 10.1 Å². The summed E-state index contributed by atoms with van der Waals surface area (Å²) >= 11 is 5.94. The first-order chi connectivity index (χ1) is 8.99. The molecule has 1 aromatic carbocycles. The number of halogens is 2. The number of rotatable bonds is 3. The van der Waals surface area contributed by atoms with Crippen LogP contribution in [0.3, 0.4) is 0 Å². The molecule has 0 saturated heterocycles. The monoisotopic (exact) mass is 283 g/mol. The van der Waals surface area contributed by atoms with Gasteiger partial charge in [0.25, 0.3) is 0 Å². The number of aromatic amines is 1. The summed E-state index contributed by atoms with van der Waals surface area (Å²) in [4.78, 5) is 24.7. The van der Waals surface area contributed by atoms with Crippen LogP contribution in [0.2, 0.25) is 5.02 Å². The highest BCUT2D eigenvalue weighted by Crippen LogP contribution is 2.28. The summed E-state index contributed by atoms with van der Waals surface area (Å²) in [5, 5.41) is 2.72. The van der Waals surface area contributed by atoms with Gasteiger partial charge in [0.2, 0.25) is 5.91 Å². The van der Waals surface area contributed by atoms with Gasteiger partial charge >= 0.3 is 6.03 Å². The molecule has 100 valence electrons. The van der Waals surface area contributed by atoms with E-state index in [4.69, 9.17) is 17.3 Å². The average Bonchev–Trinajstić information content (AvgIpc) is 2.75. The Balaban J connectivity index is 2.20. The summed E-state index contributed by atoms with van der Waals surface area (Å²) in [7, 11) is 0.